The number of benzene rings is 2. The lowest BCUT2D eigenvalue weighted by Gasteiger charge is -2.14. The standard InChI is InChI=1S/C36H54N4O6/c1-5-7-11-17-27-19-21-29(31(41)23-27)35(45)39-37-33(43)25(3)15-13-9-10-14-16-26(4)34(44)38-40-36(46)30-22-20-28(24-32(30)42)18-12-8-6-2/h19-26,41-42H,5-18H2,1-4H3,(H,37,43)(H,38,44)(H,39,45)(H,40,46). The van der Waals surface area contributed by atoms with Crippen molar-refractivity contribution >= 4 is 23.6 Å². The van der Waals surface area contributed by atoms with E-state index in [1.807, 2.05) is 12.1 Å². The zero-order valence-corrected chi connectivity index (χ0v) is 28.0. The quantitative estimate of drug-likeness (QED) is 0.0773. The summed E-state index contributed by atoms with van der Waals surface area (Å²) >= 11 is 0. The molecule has 4 amide bonds. The molecule has 254 valence electrons. The Bertz CT molecular complexity index is 1180. The van der Waals surface area contributed by atoms with E-state index in [-0.39, 0.29) is 46.3 Å². The maximum absolute atomic E-state index is 12.5. The lowest BCUT2D eigenvalue weighted by molar-refractivity contribution is -0.126. The molecule has 46 heavy (non-hydrogen) atoms. The van der Waals surface area contributed by atoms with Crippen LogP contribution in [-0.2, 0) is 22.4 Å². The van der Waals surface area contributed by atoms with Crippen LogP contribution in [-0.4, -0.2) is 33.8 Å². The number of unbranched alkanes of at least 4 members (excludes halogenated alkanes) is 7. The number of carbonyl (C=O) groups excluding carboxylic acids is 4. The summed E-state index contributed by atoms with van der Waals surface area (Å²) in [5.41, 5.74) is 11.8. The van der Waals surface area contributed by atoms with E-state index in [4.69, 9.17) is 0 Å². The molecule has 6 N–H and O–H groups in total. The minimum atomic E-state index is -0.569. The smallest absolute Gasteiger partial charge is 0.273 e. The fourth-order valence-electron chi connectivity index (χ4n) is 5.14. The third-order valence-corrected chi connectivity index (χ3v) is 8.27. The van der Waals surface area contributed by atoms with Gasteiger partial charge in [0.2, 0.25) is 11.8 Å². The second kappa shape index (κ2) is 20.9. The van der Waals surface area contributed by atoms with Crippen LogP contribution < -0.4 is 21.7 Å². The Hall–Kier alpha value is -4.08. The highest BCUT2D eigenvalue weighted by molar-refractivity contribution is 5.98. The van der Waals surface area contributed by atoms with Crippen molar-refractivity contribution in [2.45, 2.75) is 118 Å². The molecule has 0 saturated carbocycles. The maximum atomic E-state index is 12.5. The summed E-state index contributed by atoms with van der Waals surface area (Å²) in [5.74, 6) is -2.56. The van der Waals surface area contributed by atoms with Gasteiger partial charge in [0.05, 0.1) is 11.1 Å². The van der Waals surface area contributed by atoms with E-state index in [1.165, 1.54) is 0 Å². The van der Waals surface area contributed by atoms with Crippen LogP contribution >= 0.6 is 0 Å². The summed E-state index contributed by atoms with van der Waals surface area (Å²) in [6.07, 6.45) is 12.9. The van der Waals surface area contributed by atoms with E-state index >= 15 is 0 Å². The zero-order valence-electron chi connectivity index (χ0n) is 28.0. The lowest BCUT2D eigenvalue weighted by atomic mass is 9.99. The first kappa shape index (κ1) is 38.1. The highest BCUT2D eigenvalue weighted by Gasteiger charge is 2.18. The van der Waals surface area contributed by atoms with Crippen molar-refractivity contribution < 1.29 is 29.4 Å². The van der Waals surface area contributed by atoms with Crippen LogP contribution in [0.2, 0.25) is 0 Å². The number of aryl methyl sites for hydroxylation is 2. The van der Waals surface area contributed by atoms with Crippen LogP contribution in [0.15, 0.2) is 36.4 Å². The van der Waals surface area contributed by atoms with Gasteiger partial charge in [0.25, 0.3) is 11.8 Å². The lowest BCUT2D eigenvalue weighted by Crippen LogP contribution is -2.44. The number of hydrazine groups is 2. The number of hydrogen-bond donors (Lipinski definition) is 6. The Labute approximate surface area is 274 Å². The number of hydrogen-bond acceptors (Lipinski definition) is 6. The zero-order chi connectivity index (χ0) is 33.9. The second-order valence-corrected chi connectivity index (χ2v) is 12.3. The van der Waals surface area contributed by atoms with Crippen molar-refractivity contribution in [3.05, 3.63) is 58.7 Å². The molecule has 2 unspecified atom stereocenters. The van der Waals surface area contributed by atoms with Gasteiger partial charge in [0, 0.05) is 11.8 Å². The number of amides is 4. The number of carbonyl (C=O) groups is 4. The molecule has 2 atom stereocenters. The molecule has 0 fully saturated rings. The Morgan fingerprint density at radius 3 is 1.30 bits per heavy atom. The topological polar surface area (TPSA) is 157 Å². The maximum Gasteiger partial charge on any atom is 0.273 e. The molecule has 0 aromatic heterocycles. The van der Waals surface area contributed by atoms with E-state index in [0.29, 0.717) is 12.8 Å². The highest BCUT2D eigenvalue weighted by atomic mass is 16.3. The van der Waals surface area contributed by atoms with Crippen molar-refractivity contribution in [1.29, 1.82) is 0 Å². The first-order chi connectivity index (χ1) is 22.1. The molecular formula is C36H54N4O6. The Kier molecular flexibility index (Phi) is 17.3. The van der Waals surface area contributed by atoms with Gasteiger partial charge < -0.3 is 10.2 Å². The minimum absolute atomic E-state index is 0.107. The van der Waals surface area contributed by atoms with Gasteiger partial charge in [-0.05, 0) is 73.9 Å². The van der Waals surface area contributed by atoms with Crippen LogP contribution in [0.1, 0.15) is 137 Å². The van der Waals surface area contributed by atoms with Gasteiger partial charge in [-0.25, -0.2) is 0 Å². The van der Waals surface area contributed by atoms with E-state index in [9.17, 15) is 29.4 Å². The van der Waals surface area contributed by atoms with Gasteiger partial charge in [-0.1, -0.05) is 91.2 Å². The van der Waals surface area contributed by atoms with Crippen molar-refractivity contribution in [2.24, 2.45) is 11.8 Å². The molecular weight excluding hydrogens is 584 g/mol. The first-order valence-corrected chi connectivity index (χ1v) is 16.9. The summed E-state index contributed by atoms with van der Waals surface area (Å²) < 4.78 is 0. The largest absolute Gasteiger partial charge is 0.507 e. The van der Waals surface area contributed by atoms with Crippen molar-refractivity contribution in [3.8, 4) is 11.5 Å². The Morgan fingerprint density at radius 1 is 0.565 bits per heavy atom. The van der Waals surface area contributed by atoms with Crippen molar-refractivity contribution in [1.82, 2.24) is 21.7 Å². The summed E-state index contributed by atoms with van der Waals surface area (Å²) in [6, 6.07) is 9.99. The van der Waals surface area contributed by atoms with E-state index in [0.717, 1.165) is 88.2 Å². The number of phenolic OH excluding ortho intramolecular Hbond substituents is 2. The fraction of sp³-hybridized carbons (Fsp3) is 0.556. The fourth-order valence-corrected chi connectivity index (χ4v) is 5.14. The van der Waals surface area contributed by atoms with Crippen LogP contribution in [0.3, 0.4) is 0 Å². The van der Waals surface area contributed by atoms with Gasteiger partial charge in [-0.15, -0.1) is 0 Å². The molecule has 10 nitrogen and oxygen atoms in total. The number of nitrogens with one attached hydrogen (secondary N) is 4. The van der Waals surface area contributed by atoms with E-state index < -0.39 is 11.8 Å². The molecule has 0 bridgehead atoms. The average molecular weight is 639 g/mol. The van der Waals surface area contributed by atoms with Crippen LogP contribution in [0.25, 0.3) is 0 Å². The normalized spacial score (nSPS) is 12.2. The highest BCUT2D eigenvalue weighted by Crippen LogP contribution is 2.22. The third-order valence-electron chi connectivity index (χ3n) is 8.27. The summed E-state index contributed by atoms with van der Waals surface area (Å²) in [5, 5.41) is 20.5. The summed E-state index contributed by atoms with van der Waals surface area (Å²) in [6.45, 7) is 7.85. The van der Waals surface area contributed by atoms with Gasteiger partial charge in [0.1, 0.15) is 11.5 Å². The van der Waals surface area contributed by atoms with Crippen LogP contribution in [0.4, 0.5) is 0 Å². The molecule has 2 rings (SSSR count). The number of aromatic hydroxyl groups is 2. The van der Waals surface area contributed by atoms with Crippen molar-refractivity contribution in [2.75, 3.05) is 0 Å². The average Bonchev–Trinajstić information content (AvgIpc) is 3.03. The molecule has 0 saturated heterocycles. The molecule has 10 heteroatoms. The molecule has 0 radical (unpaired) electrons. The minimum Gasteiger partial charge on any atom is -0.507 e. The van der Waals surface area contributed by atoms with Gasteiger partial charge in [0.15, 0.2) is 0 Å². The molecule has 2 aromatic rings. The molecule has 0 aliphatic carbocycles. The molecule has 0 spiro atoms. The van der Waals surface area contributed by atoms with Gasteiger partial charge in [-0.3, -0.25) is 40.9 Å². The SMILES string of the molecule is CCCCCc1ccc(C(=O)NNC(=O)C(C)CCCCCCC(C)C(=O)NNC(=O)c2ccc(CCCCC)cc2O)c(O)c1. The second-order valence-electron chi connectivity index (χ2n) is 12.3. The summed E-state index contributed by atoms with van der Waals surface area (Å²) in [7, 11) is 0. The predicted octanol–water partition coefficient (Wildman–Crippen LogP) is 6.40. The Morgan fingerprint density at radius 2 is 0.957 bits per heavy atom. The molecule has 2 aromatic carbocycles. The number of rotatable bonds is 19. The van der Waals surface area contributed by atoms with Gasteiger partial charge >= 0.3 is 0 Å². The molecule has 0 heterocycles. The summed E-state index contributed by atoms with van der Waals surface area (Å²) in [4.78, 5) is 49.8. The van der Waals surface area contributed by atoms with Crippen LogP contribution in [0, 0.1) is 11.8 Å². The van der Waals surface area contributed by atoms with E-state index in [1.54, 1.807) is 38.1 Å². The van der Waals surface area contributed by atoms with Crippen LogP contribution in [0.5, 0.6) is 11.5 Å². The monoisotopic (exact) mass is 638 g/mol. The number of phenols is 2. The first-order valence-electron chi connectivity index (χ1n) is 16.9. The van der Waals surface area contributed by atoms with Crippen molar-refractivity contribution in [3.63, 3.8) is 0 Å². The molecule has 0 aliphatic heterocycles. The van der Waals surface area contributed by atoms with Gasteiger partial charge in [-0.2, -0.15) is 0 Å². The Balaban J connectivity index is 1.60. The third kappa shape index (κ3) is 13.5. The van der Waals surface area contributed by atoms with E-state index in [2.05, 4.69) is 35.6 Å². The predicted molar refractivity (Wildman–Crippen MR) is 180 cm³/mol. The molecule has 0 aliphatic rings.